The molecule has 0 radical (unpaired) electrons. The number of benzene rings is 1. The van der Waals surface area contributed by atoms with Crippen molar-refractivity contribution in [1.82, 2.24) is 5.32 Å². The Balaban J connectivity index is 2.01. The van der Waals surface area contributed by atoms with Crippen molar-refractivity contribution < 1.29 is 14.6 Å². The molecule has 1 aliphatic heterocycles. The van der Waals surface area contributed by atoms with Crippen molar-refractivity contribution in [3.8, 4) is 0 Å². The Morgan fingerprint density at radius 2 is 2.17 bits per heavy atom. The number of carboxylic acid groups (broad SMARTS) is 1. The summed E-state index contributed by atoms with van der Waals surface area (Å²) < 4.78 is 5.24. The Kier molecular flexibility index (Phi) is 4.33. The highest BCUT2D eigenvalue weighted by atomic mass is 16.5. The van der Waals surface area contributed by atoms with Gasteiger partial charge in [-0.3, -0.25) is 4.79 Å². The smallest absolute Gasteiger partial charge is 0.310 e. The Bertz CT molecular complexity index is 393. The van der Waals surface area contributed by atoms with Crippen molar-refractivity contribution in [2.75, 3.05) is 13.2 Å². The second kappa shape index (κ2) is 5.98. The number of nitrogens with one attached hydrogen (secondary N) is 1. The van der Waals surface area contributed by atoms with Crippen LogP contribution in [0.3, 0.4) is 0 Å². The van der Waals surface area contributed by atoms with Crippen LogP contribution >= 0.6 is 0 Å². The van der Waals surface area contributed by atoms with Gasteiger partial charge in [0.05, 0.1) is 12.5 Å². The van der Waals surface area contributed by atoms with Gasteiger partial charge in [-0.1, -0.05) is 30.3 Å². The molecular formula is C14H19NO3. The second-order valence-electron chi connectivity index (χ2n) is 4.71. The molecule has 0 spiro atoms. The molecule has 1 aromatic carbocycles. The van der Waals surface area contributed by atoms with Gasteiger partial charge in [-0.05, 0) is 18.9 Å². The summed E-state index contributed by atoms with van der Waals surface area (Å²) in [7, 11) is 0. The van der Waals surface area contributed by atoms with Crippen molar-refractivity contribution >= 4 is 5.97 Å². The van der Waals surface area contributed by atoms with E-state index in [0.29, 0.717) is 13.2 Å². The number of aliphatic carboxylic acids is 1. The lowest BCUT2D eigenvalue weighted by Gasteiger charge is -2.32. The maximum atomic E-state index is 11.2. The van der Waals surface area contributed by atoms with Gasteiger partial charge in [0.1, 0.15) is 0 Å². The van der Waals surface area contributed by atoms with Crippen molar-refractivity contribution in [3.63, 3.8) is 0 Å². The lowest BCUT2D eigenvalue weighted by molar-refractivity contribution is -0.147. The fraction of sp³-hybridized carbons (Fsp3) is 0.500. The van der Waals surface area contributed by atoms with E-state index in [9.17, 15) is 9.90 Å². The average Bonchev–Trinajstić information content (AvgIpc) is 2.40. The molecule has 1 aliphatic rings. The normalized spacial score (nSPS) is 25.6. The van der Waals surface area contributed by atoms with Gasteiger partial charge in [0.25, 0.3) is 0 Å². The fourth-order valence-electron chi connectivity index (χ4n) is 2.34. The summed E-state index contributed by atoms with van der Waals surface area (Å²) in [4.78, 5) is 11.2. The van der Waals surface area contributed by atoms with Crippen LogP contribution < -0.4 is 5.32 Å². The molecule has 98 valence electrons. The maximum Gasteiger partial charge on any atom is 0.310 e. The average molecular weight is 249 g/mol. The molecule has 0 aliphatic carbocycles. The fourth-order valence-corrected chi connectivity index (χ4v) is 2.34. The highest BCUT2D eigenvalue weighted by Crippen LogP contribution is 2.20. The van der Waals surface area contributed by atoms with Gasteiger partial charge >= 0.3 is 5.97 Å². The minimum Gasteiger partial charge on any atom is -0.481 e. The van der Waals surface area contributed by atoms with E-state index < -0.39 is 11.9 Å². The van der Waals surface area contributed by atoms with E-state index in [0.717, 1.165) is 6.42 Å². The predicted molar refractivity (Wildman–Crippen MR) is 68.3 cm³/mol. The van der Waals surface area contributed by atoms with Gasteiger partial charge in [-0.25, -0.2) is 0 Å². The Morgan fingerprint density at radius 1 is 1.44 bits per heavy atom. The lowest BCUT2D eigenvalue weighted by Crippen LogP contribution is -2.47. The number of carbonyl (C=O) groups is 1. The highest BCUT2D eigenvalue weighted by Gasteiger charge is 2.32. The maximum absolute atomic E-state index is 11.2. The van der Waals surface area contributed by atoms with Crippen molar-refractivity contribution in [1.29, 1.82) is 0 Å². The number of rotatable bonds is 4. The highest BCUT2D eigenvalue weighted by molar-refractivity contribution is 5.71. The monoisotopic (exact) mass is 249 g/mol. The number of hydrogen-bond donors (Lipinski definition) is 2. The minimum absolute atomic E-state index is 0.0218. The van der Waals surface area contributed by atoms with Crippen LogP contribution in [-0.4, -0.2) is 30.3 Å². The van der Waals surface area contributed by atoms with Gasteiger partial charge in [-0.15, -0.1) is 0 Å². The van der Waals surface area contributed by atoms with Gasteiger partial charge in [0.15, 0.2) is 0 Å². The van der Waals surface area contributed by atoms with E-state index in [2.05, 4.69) is 12.2 Å². The molecule has 0 unspecified atom stereocenters. The summed E-state index contributed by atoms with van der Waals surface area (Å²) in [5, 5.41) is 12.6. The van der Waals surface area contributed by atoms with Gasteiger partial charge in [0, 0.05) is 18.7 Å². The Morgan fingerprint density at radius 3 is 2.83 bits per heavy atom. The third kappa shape index (κ3) is 3.09. The first-order valence-corrected chi connectivity index (χ1v) is 6.30. The van der Waals surface area contributed by atoms with Gasteiger partial charge in [0.2, 0.25) is 0 Å². The molecular weight excluding hydrogens is 230 g/mol. The minimum atomic E-state index is -0.785. The summed E-state index contributed by atoms with van der Waals surface area (Å²) in [5.41, 5.74) is 1.17. The third-order valence-corrected chi connectivity index (χ3v) is 3.44. The van der Waals surface area contributed by atoms with E-state index in [1.54, 1.807) is 0 Å². The van der Waals surface area contributed by atoms with E-state index in [1.807, 2.05) is 30.3 Å². The van der Waals surface area contributed by atoms with Crippen LogP contribution in [-0.2, 0) is 9.53 Å². The number of ether oxygens (including phenoxy) is 1. The lowest BCUT2D eigenvalue weighted by atomic mass is 9.94. The van der Waals surface area contributed by atoms with Crippen LogP contribution in [0, 0.1) is 5.92 Å². The molecule has 1 heterocycles. The van der Waals surface area contributed by atoms with Crippen molar-refractivity contribution in [2.45, 2.75) is 25.4 Å². The standard InChI is InChI=1S/C14H19NO3/c1-10(11-5-3-2-4-6-11)15-13-7-8-18-9-12(13)14(16)17/h2-6,10,12-13,15H,7-9H2,1H3,(H,16,17)/t10-,12+,13-/m0/s1. The zero-order valence-electron chi connectivity index (χ0n) is 10.5. The first-order valence-electron chi connectivity index (χ1n) is 6.30. The quantitative estimate of drug-likeness (QED) is 0.854. The summed E-state index contributed by atoms with van der Waals surface area (Å²) in [5.74, 6) is -1.24. The molecule has 3 atom stereocenters. The molecule has 1 aromatic rings. The van der Waals surface area contributed by atoms with Crippen molar-refractivity contribution in [2.24, 2.45) is 5.92 Å². The first-order chi connectivity index (χ1) is 8.68. The number of hydrogen-bond acceptors (Lipinski definition) is 3. The van der Waals surface area contributed by atoms with E-state index in [1.165, 1.54) is 5.56 Å². The molecule has 0 aromatic heterocycles. The van der Waals surface area contributed by atoms with E-state index >= 15 is 0 Å². The molecule has 0 amide bonds. The van der Waals surface area contributed by atoms with E-state index in [-0.39, 0.29) is 12.1 Å². The molecule has 1 fully saturated rings. The van der Waals surface area contributed by atoms with Crippen LogP contribution in [0.5, 0.6) is 0 Å². The number of carboxylic acids is 1. The summed E-state index contributed by atoms with van der Waals surface area (Å²) in [6, 6.07) is 10.2. The zero-order valence-corrected chi connectivity index (χ0v) is 10.5. The molecule has 4 heteroatoms. The van der Waals surface area contributed by atoms with Crippen LogP contribution in [0.4, 0.5) is 0 Å². The van der Waals surface area contributed by atoms with Crippen molar-refractivity contribution in [3.05, 3.63) is 35.9 Å². The molecule has 18 heavy (non-hydrogen) atoms. The molecule has 1 saturated heterocycles. The SMILES string of the molecule is C[C@H](N[C@H]1CCOC[C@H]1C(=O)O)c1ccccc1. The summed E-state index contributed by atoms with van der Waals surface area (Å²) in [6.07, 6.45) is 0.744. The molecule has 4 nitrogen and oxygen atoms in total. The van der Waals surface area contributed by atoms with E-state index in [4.69, 9.17) is 4.74 Å². The summed E-state index contributed by atoms with van der Waals surface area (Å²) in [6.45, 7) is 2.99. The zero-order chi connectivity index (χ0) is 13.0. The molecule has 2 rings (SSSR count). The Hall–Kier alpha value is -1.39. The van der Waals surface area contributed by atoms with Crippen LogP contribution in [0.2, 0.25) is 0 Å². The molecule has 2 N–H and O–H groups in total. The van der Waals surface area contributed by atoms with Gasteiger partial charge in [-0.2, -0.15) is 0 Å². The topological polar surface area (TPSA) is 58.6 Å². The van der Waals surface area contributed by atoms with Gasteiger partial charge < -0.3 is 15.2 Å². The molecule has 0 bridgehead atoms. The third-order valence-electron chi connectivity index (χ3n) is 3.44. The predicted octanol–water partition coefficient (Wildman–Crippen LogP) is 1.83. The Labute approximate surface area is 107 Å². The van der Waals surface area contributed by atoms with Crippen LogP contribution in [0.15, 0.2) is 30.3 Å². The second-order valence-corrected chi connectivity index (χ2v) is 4.71. The molecule has 0 saturated carbocycles. The summed E-state index contributed by atoms with van der Waals surface area (Å²) >= 11 is 0. The van der Waals surface area contributed by atoms with Crippen LogP contribution in [0.1, 0.15) is 24.9 Å². The van der Waals surface area contributed by atoms with Crippen LogP contribution in [0.25, 0.3) is 0 Å². The first kappa shape index (κ1) is 13.1. The largest absolute Gasteiger partial charge is 0.481 e.